The van der Waals surface area contributed by atoms with Crippen LogP contribution in [0.15, 0.2) is 42.5 Å². The van der Waals surface area contributed by atoms with Gasteiger partial charge in [0.15, 0.2) is 0 Å². The van der Waals surface area contributed by atoms with E-state index in [9.17, 15) is 9.18 Å². The van der Waals surface area contributed by atoms with Crippen LogP contribution in [0.1, 0.15) is 20.2 Å². The minimum Gasteiger partial charge on any atom is -0.454 e. The first-order chi connectivity index (χ1) is 12.7. The Kier molecular flexibility index (Phi) is 4.67. The zero-order chi connectivity index (χ0) is 18.1. The zero-order valence-electron chi connectivity index (χ0n) is 13.8. The fraction of sp³-hybridized carbons (Fsp3) is 0.158. The summed E-state index contributed by atoms with van der Waals surface area (Å²) < 4.78 is 26.6. The van der Waals surface area contributed by atoms with Gasteiger partial charge in [-0.3, -0.25) is 0 Å². The second-order valence-electron chi connectivity index (χ2n) is 5.61. The van der Waals surface area contributed by atoms with Crippen molar-refractivity contribution in [1.29, 1.82) is 0 Å². The van der Waals surface area contributed by atoms with Crippen LogP contribution in [0, 0.1) is 5.82 Å². The van der Waals surface area contributed by atoms with Crippen molar-refractivity contribution in [2.45, 2.75) is 13.2 Å². The number of fused-ring (bicyclic) bond motifs is 2. The smallest absolute Gasteiger partial charge is 0.349 e. The van der Waals surface area contributed by atoms with Crippen molar-refractivity contribution in [1.82, 2.24) is 4.98 Å². The summed E-state index contributed by atoms with van der Waals surface area (Å²) in [7, 11) is 1.51. The molecule has 0 bridgehead atoms. The fourth-order valence-electron chi connectivity index (χ4n) is 2.79. The van der Waals surface area contributed by atoms with Crippen molar-refractivity contribution in [3.63, 3.8) is 0 Å². The second kappa shape index (κ2) is 7.11. The molecule has 0 unspecified atom stereocenters. The Hall–Kier alpha value is -2.35. The molecule has 132 valence electrons. The first-order valence-electron chi connectivity index (χ1n) is 7.88. The van der Waals surface area contributed by atoms with Gasteiger partial charge in [0.25, 0.3) is 0 Å². The summed E-state index contributed by atoms with van der Waals surface area (Å²) in [5.74, 6) is -0.854. The number of esters is 1. The van der Waals surface area contributed by atoms with Gasteiger partial charge < -0.3 is 9.47 Å². The van der Waals surface area contributed by atoms with Crippen LogP contribution in [-0.2, 0) is 22.7 Å². The number of carbonyl (C=O) groups excluding carboxylic acids is 1. The maximum atomic E-state index is 14.2. The molecule has 0 spiro atoms. The van der Waals surface area contributed by atoms with Crippen molar-refractivity contribution in [2.24, 2.45) is 0 Å². The predicted octanol–water partition coefficient (Wildman–Crippen LogP) is 5.15. The molecule has 0 aliphatic carbocycles. The number of ether oxygens (including phenoxy) is 2. The van der Waals surface area contributed by atoms with E-state index < -0.39 is 5.97 Å². The monoisotopic (exact) mass is 387 g/mol. The number of thiophene rings is 1. The standard InChI is InChI=1S/C19H14FNO3S2/c1-23-9-11-17-12(20)5-4-8-15(17)26-18(11)19(22)24-10-16-21-13-6-2-3-7-14(13)25-16/h2-8H,9-10H2,1H3. The van der Waals surface area contributed by atoms with E-state index in [1.54, 1.807) is 12.1 Å². The van der Waals surface area contributed by atoms with Gasteiger partial charge in [0, 0.05) is 22.8 Å². The quantitative estimate of drug-likeness (QED) is 0.444. The van der Waals surface area contributed by atoms with Crippen LogP contribution in [0.4, 0.5) is 4.39 Å². The topological polar surface area (TPSA) is 48.4 Å². The van der Waals surface area contributed by atoms with E-state index in [2.05, 4.69) is 4.98 Å². The molecule has 2 heterocycles. The van der Waals surface area contributed by atoms with Gasteiger partial charge in [-0.05, 0) is 24.3 Å². The van der Waals surface area contributed by atoms with Crippen molar-refractivity contribution >= 4 is 48.9 Å². The van der Waals surface area contributed by atoms with Crippen LogP contribution in [0.25, 0.3) is 20.3 Å². The van der Waals surface area contributed by atoms with Gasteiger partial charge in [-0.1, -0.05) is 18.2 Å². The molecule has 0 saturated carbocycles. The zero-order valence-corrected chi connectivity index (χ0v) is 15.5. The molecule has 4 nitrogen and oxygen atoms in total. The summed E-state index contributed by atoms with van der Waals surface area (Å²) in [5, 5.41) is 1.14. The number of benzene rings is 2. The summed E-state index contributed by atoms with van der Waals surface area (Å²) in [5.41, 5.74) is 1.41. The molecule has 0 aliphatic heterocycles. The van der Waals surface area contributed by atoms with Gasteiger partial charge in [-0.25, -0.2) is 14.2 Å². The molecule has 0 fully saturated rings. The number of hydrogen-bond donors (Lipinski definition) is 0. The van der Waals surface area contributed by atoms with E-state index in [1.807, 2.05) is 24.3 Å². The Labute approximate surface area is 156 Å². The fourth-order valence-corrected chi connectivity index (χ4v) is 4.79. The number of para-hydroxylation sites is 1. The highest BCUT2D eigenvalue weighted by atomic mass is 32.1. The molecule has 26 heavy (non-hydrogen) atoms. The molecular weight excluding hydrogens is 373 g/mol. The number of hydrogen-bond acceptors (Lipinski definition) is 6. The molecule has 7 heteroatoms. The van der Waals surface area contributed by atoms with Gasteiger partial charge in [-0.2, -0.15) is 0 Å². The predicted molar refractivity (Wildman–Crippen MR) is 101 cm³/mol. The molecule has 0 radical (unpaired) electrons. The van der Waals surface area contributed by atoms with Crippen LogP contribution >= 0.6 is 22.7 Å². The lowest BCUT2D eigenvalue weighted by molar-refractivity contribution is 0.0474. The van der Waals surface area contributed by atoms with Crippen molar-refractivity contribution in [3.05, 3.63) is 63.7 Å². The van der Waals surface area contributed by atoms with E-state index in [0.29, 0.717) is 20.5 Å². The van der Waals surface area contributed by atoms with Gasteiger partial charge >= 0.3 is 5.97 Å². The number of rotatable bonds is 5. The minimum atomic E-state index is -0.489. The van der Waals surface area contributed by atoms with Gasteiger partial charge in [0.2, 0.25) is 0 Å². The highest BCUT2D eigenvalue weighted by molar-refractivity contribution is 7.21. The number of carbonyl (C=O) groups is 1. The van der Waals surface area contributed by atoms with Crippen LogP contribution in [0.3, 0.4) is 0 Å². The van der Waals surface area contributed by atoms with Crippen LogP contribution in [-0.4, -0.2) is 18.1 Å². The molecule has 0 aliphatic rings. The summed E-state index contributed by atoms with van der Waals surface area (Å²) in [4.78, 5) is 17.4. The SMILES string of the molecule is COCc1c(C(=O)OCc2nc3ccccc3s2)sc2cccc(F)c12. The molecule has 2 aromatic heterocycles. The Bertz CT molecular complexity index is 1070. The highest BCUT2D eigenvalue weighted by Crippen LogP contribution is 2.34. The third-order valence-corrected chi connectivity index (χ3v) is 6.09. The highest BCUT2D eigenvalue weighted by Gasteiger charge is 2.22. The van der Waals surface area contributed by atoms with Crippen LogP contribution in [0.5, 0.6) is 0 Å². The Morgan fingerprint density at radius 3 is 2.69 bits per heavy atom. The third kappa shape index (κ3) is 3.09. The molecule has 4 rings (SSSR count). The van der Waals surface area contributed by atoms with Crippen molar-refractivity contribution in [3.8, 4) is 0 Å². The summed E-state index contributed by atoms with van der Waals surface area (Å²) in [6, 6.07) is 12.5. The average Bonchev–Trinajstić information content (AvgIpc) is 3.22. The first-order valence-corrected chi connectivity index (χ1v) is 9.51. The lowest BCUT2D eigenvalue weighted by Gasteiger charge is -2.04. The van der Waals surface area contributed by atoms with E-state index in [4.69, 9.17) is 9.47 Å². The molecule has 2 aromatic carbocycles. The maximum absolute atomic E-state index is 14.2. The normalized spacial score (nSPS) is 11.3. The number of nitrogens with zero attached hydrogens (tertiary/aromatic N) is 1. The molecular formula is C19H14FNO3S2. The molecule has 0 saturated heterocycles. The van der Waals surface area contributed by atoms with E-state index in [1.165, 1.54) is 35.8 Å². The Morgan fingerprint density at radius 2 is 1.88 bits per heavy atom. The Morgan fingerprint density at radius 1 is 1.08 bits per heavy atom. The van der Waals surface area contributed by atoms with E-state index >= 15 is 0 Å². The molecule has 0 atom stereocenters. The average molecular weight is 387 g/mol. The third-order valence-electron chi connectivity index (χ3n) is 3.90. The van der Waals surface area contributed by atoms with Crippen LogP contribution in [0.2, 0.25) is 0 Å². The molecule has 0 amide bonds. The first kappa shape index (κ1) is 17.1. The lowest BCUT2D eigenvalue weighted by Crippen LogP contribution is -2.06. The molecule has 4 aromatic rings. The van der Waals surface area contributed by atoms with Crippen LogP contribution < -0.4 is 0 Å². The second-order valence-corrected chi connectivity index (χ2v) is 7.77. The largest absolute Gasteiger partial charge is 0.454 e. The van der Waals surface area contributed by atoms with Gasteiger partial charge in [0.1, 0.15) is 22.3 Å². The lowest BCUT2D eigenvalue weighted by atomic mass is 10.1. The van der Waals surface area contributed by atoms with E-state index in [0.717, 1.165) is 15.2 Å². The number of aromatic nitrogens is 1. The maximum Gasteiger partial charge on any atom is 0.349 e. The van der Waals surface area contributed by atoms with Gasteiger partial charge in [-0.15, -0.1) is 22.7 Å². The summed E-state index contributed by atoms with van der Waals surface area (Å²) in [6.07, 6.45) is 0. The summed E-state index contributed by atoms with van der Waals surface area (Å²) in [6.45, 7) is 0.230. The van der Waals surface area contributed by atoms with Gasteiger partial charge in [0.05, 0.1) is 16.8 Å². The minimum absolute atomic E-state index is 0.0847. The summed E-state index contributed by atoms with van der Waals surface area (Å²) >= 11 is 2.70. The van der Waals surface area contributed by atoms with Crippen molar-refractivity contribution < 1.29 is 18.7 Å². The molecule has 0 N–H and O–H groups in total. The number of methoxy groups -OCH3 is 1. The van der Waals surface area contributed by atoms with E-state index in [-0.39, 0.29) is 19.0 Å². The number of halogens is 1. The van der Waals surface area contributed by atoms with Crippen molar-refractivity contribution in [2.75, 3.05) is 7.11 Å². The Balaban J connectivity index is 1.61. The number of thiazole rings is 1.